The van der Waals surface area contributed by atoms with E-state index in [1.807, 2.05) is 0 Å². The number of rotatable bonds is 5. The molecular formula is C17H9Cl2N3O6S. The Morgan fingerprint density at radius 1 is 1.00 bits per heavy atom. The van der Waals surface area contributed by atoms with Gasteiger partial charge in [-0.2, -0.15) is 0 Å². The van der Waals surface area contributed by atoms with Crippen LogP contribution in [-0.4, -0.2) is 25.9 Å². The minimum atomic E-state index is -0.711. The van der Waals surface area contributed by atoms with E-state index in [0.29, 0.717) is 11.8 Å². The molecule has 0 bridgehead atoms. The molecule has 0 aromatic heterocycles. The average Bonchev–Trinajstić information content (AvgIpc) is 2.92. The second-order valence-electron chi connectivity index (χ2n) is 5.70. The zero-order valence-corrected chi connectivity index (χ0v) is 16.5. The first-order valence-corrected chi connectivity index (χ1v) is 9.38. The van der Waals surface area contributed by atoms with Crippen molar-refractivity contribution >= 4 is 63.6 Å². The van der Waals surface area contributed by atoms with Crippen LogP contribution >= 0.6 is 35.0 Å². The van der Waals surface area contributed by atoms with Gasteiger partial charge in [0.1, 0.15) is 5.02 Å². The Morgan fingerprint density at radius 3 is 2.31 bits per heavy atom. The maximum atomic E-state index is 12.7. The number of hydrogen-bond acceptors (Lipinski definition) is 7. The number of carbonyl (C=O) groups excluding carboxylic acids is 2. The van der Waals surface area contributed by atoms with Crippen molar-refractivity contribution < 1.29 is 19.4 Å². The number of amides is 2. The van der Waals surface area contributed by atoms with Gasteiger partial charge in [0.2, 0.25) is 0 Å². The summed E-state index contributed by atoms with van der Waals surface area (Å²) in [5.74, 6) is -0.711. The SMILES string of the molecule is O=C1S/C(=C\c2c(Cl)ccc([N+](=O)[O-])c2Cl)C(=O)N1Cc1ccccc1[N+](=O)[O-]. The zero-order chi connectivity index (χ0) is 21.3. The van der Waals surface area contributed by atoms with Crippen LogP contribution in [0.15, 0.2) is 41.3 Å². The van der Waals surface area contributed by atoms with E-state index < -0.39 is 26.7 Å². The van der Waals surface area contributed by atoms with Gasteiger partial charge < -0.3 is 0 Å². The van der Waals surface area contributed by atoms with Crippen LogP contribution in [0.1, 0.15) is 11.1 Å². The van der Waals surface area contributed by atoms with Crippen molar-refractivity contribution in [2.24, 2.45) is 0 Å². The number of halogens is 2. The molecule has 0 atom stereocenters. The molecule has 1 saturated heterocycles. The Balaban J connectivity index is 1.95. The molecule has 2 aromatic rings. The Bertz CT molecular complexity index is 1100. The average molecular weight is 454 g/mol. The largest absolute Gasteiger partial charge is 0.293 e. The number of benzene rings is 2. The Hall–Kier alpha value is -2.95. The molecule has 9 nitrogen and oxygen atoms in total. The minimum Gasteiger partial charge on any atom is -0.268 e. The van der Waals surface area contributed by atoms with Gasteiger partial charge in [0, 0.05) is 28.3 Å². The van der Waals surface area contributed by atoms with E-state index in [1.165, 1.54) is 30.3 Å². The van der Waals surface area contributed by atoms with Gasteiger partial charge in [-0.1, -0.05) is 41.4 Å². The van der Waals surface area contributed by atoms with Gasteiger partial charge in [0.15, 0.2) is 0 Å². The van der Waals surface area contributed by atoms with Crippen molar-refractivity contribution in [3.63, 3.8) is 0 Å². The predicted octanol–water partition coefficient (Wildman–Crippen LogP) is 5.05. The van der Waals surface area contributed by atoms with Crippen LogP contribution in [-0.2, 0) is 11.3 Å². The van der Waals surface area contributed by atoms with Crippen molar-refractivity contribution in [1.29, 1.82) is 0 Å². The van der Waals surface area contributed by atoms with Gasteiger partial charge in [-0.05, 0) is 23.9 Å². The van der Waals surface area contributed by atoms with Gasteiger partial charge in [-0.25, -0.2) is 0 Å². The molecule has 2 amide bonds. The summed E-state index contributed by atoms with van der Waals surface area (Å²) in [6, 6.07) is 8.13. The normalized spacial score (nSPS) is 15.2. The molecule has 0 unspecified atom stereocenters. The number of imide groups is 1. The fraction of sp³-hybridized carbons (Fsp3) is 0.0588. The fourth-order valence-corrected chi connectivity index (χ4v) is 3.96. The number of nitro groups is 2. The number of hydrogen-bond donors (Lipinski definition) is 0. The quantitative estimate of drug-likeness (QED) is 0.352. The summed E-state index contributed by atoms with van der Waals surface area (Å²) in [5, 5.41) is 21.3. The summed E-state index contributed by atoms with van der Waals surface area (Å²) in [6.45, 7) is -0.296. The lowest BCUT2D eigenvalue weighted by Crippen LogP contribution is -2.27. The molecule has 3 rings (SSSR count). The minimum absolute atomic E-state index is 0.0266. The van der Waals surface area contributed by atoms with Crippen LogP contribution in [0.25, 0.3) is 6.08 Å². The van der Waals surface area contributed by atoms with E-state index in [-0.39, 0.29) is 38.3 Å². The highest BCUT2D eigenvalue weighted by molar-refractivity contribution is 8.18. The maximum Gasteiger partial charge on any atom is 0.293 e. The Labute approximate surface area is 177 Å². The molecule has 1 fully saturated rings. The third kappa shape index (κ3) is 4.09. The first-order valence-electron chi connectivity index (χ1n) is 7.80. The van der Waals surface area contributed by atoms with Crippen molar-refractivity contribution in [2.45, 2.75) is 6.54 Å². The molecule has 29 heavy (non-hydrogen) atoms. The van der Waals surface area contributed by atoms with E-state index in [0.717, 1.165) is 11.0 Å². The molecule has 12 heteroatoms. The molecule has 1 aliphatic rings. The van der Waals surface area contributed by atoms with E-state index in [2.05, 4.69) is 0 Å². The molecule has 0 N–H and O–H groups in total. The highest BCUT2D eigenvalue weighted by Crippen LogP contribution is 2.39. The lowest BCUT2D eigenvalue weighted by molar-refractivity contribution is -0.385. The fourth-order valence-electron chi connectivity index (χ4n) is 2.59. The molecule has 0 saturated carbocycles. The first kappa shape index (κ1) is 20.8. The number of nitrogens with zero attached hydrogens (tertiary/aromatic N) is 3. The molecule has 2 aromatic carbocycles. The predicted molar refractivity (Wildman–Crippen MR) is 108 cm³/mol. The number of nitro benzene ring substituents is 2. The topological polar surface area (TPSA) is 124 Å². The van der Waals surface area contributed by atoms with Crippen LogP contribution in [0, 0.1) is 20.2 Å². The summed E-state index contributed by atoms with van der Waals surface area (Å²) >= 11 is 12.7. The summed E-state index contributed by atoms with van der Waals surface area (Å²) < 4.78 is 0. The second-order valence-corrected chi connectivity index (χ2v) is 7.48. The van der Waals surface area contributed by atoms with Gasteiger partial charge in [0.05, 0.1) is 21.3 Å². The second kappa shape index (κ2) is 8.19. The highest BCUT2D eigenvalue weighted by Gasteiger charge is 2.36. The number of carbonyl (C=O) groups is 2. The first-order chi connectivity index (χ1) is 13.7. The molecule has 0 aliphatic carbocycles. The summed E-state index contributed by atoms with van der Waals surface area (Å²) in [4.78, 5) is 46.6. The summed E-state index contributed by atoms with van der Waals surface area (Å²) in [6.07, 6.45) is 1.20. The van der Waals surface area contributed by atoms with Crippen LogP contribution in [0.3, 0.4) is 0 Å². The Kier molecular flexibility index (Phi) is 5.87. The van der Waals surface area contributed by atoms with Crippen LogP contribution in [0.4, 0.5) is 16.2 Å². The third-order valence-corrected chi connectivity index (χ3v) is 5.60. The van der Waals surface area contributed by atoms with Gasteiger partial charge in [-0.15, -0.1) is 0 Å². The molecule has 0 radical (unpaired) electrons. The lowest BCUT2D eigenvalue weighted by atomic mass is 10.1. The highest BCUT2D eigenvalue weighted by atomic mass is 35.5. The van der Waals surface area contributed by atoms with Crippen molar-refractivity contribution in [2.75, 3.05) is 0 Å². The molecule has 0 spiro atoms. The third-order valence-electron chi connectivity index (χ3n) is 3.97. The van der Waals surface area contributed by atoms with Crippen molar-refractivity contribution in [1.82, 2.24) is 4.90 Å². The van der Waals surface area contributed by atoms with Gasteiger partial charge in [0.25, 0.3) is 22.5 Å². The van der Waals surface area contributed by atoms with Crippen molar-refractivity contribution in [3.8, 4) is 0 Å². The van der Waals surface area contributed by atoms with E-state index in [4.69, 9.17) is 23.2 Å². The monoisotopic (exact) mass is 453 g/mol. The van der Waals surface area contributed by atoms with Crippen LogP contribution < -0.4 is 0 Å². The molecule has 1 aliphatic heterocycles. The standard InChI is InChI=1S/C17H9Cl2N3O6S/c18-11-5-6-13(22(27)28)15(19)10(11)7-14-16(23)20(17(24)29-14)8-9-3-1-2-4-12(9)21(25)26/h1-7H,8H2/b14-7-. The lowest BCUT2D eigenvalue weighted by Gasteiger charge is -2.12. The maximum absolute atomic E-state index is 12.7. The molecule has 1 heterocycles. The summed E-state index contributed by atoms with van der Waals surface area (Å²) in [7, 11) is 0. The van der Waals surface area contributed by atoms with E-state index in [9.17, 15) is 29.8 Å². The van der Waals surface area contributed by atoms with E-state index >= 15 is 0 Å². The Morgan fingerprint density at radius 2 is 1.66 bits per heavy atom. The van der Waals surface area contributed by atoms with Crippen LogP contribution in [0.2, 0.25) is 10.0 Å². The smallest absolute Gasteiger partial charge is 0.268 e. The summed E-state index contributed by atoms with van der Waals surface area (Å²) in [5.41, 5.74) is -0.409. The zero-order valence-electron chi connectivity index (χ0n) is 14.2. The number of para-hydroxylation sites is 1. The van der Waals surface area contributed by atoms with Crippen LogP contribution in [0.5, 0.6) is 0 Å². The van der Waals surface area contributed by atoms with Gasteiger partial charge >= 0.3 is 0 Å². The van der Waals surface area contributed by atoms with E-state index in [1.54, 1.807) is 6.07 Å². The molecular weight excluding hydrogens is 445 g/mol. The number of thioether (sulfide) groups is 1. The van der Waals surface area contributed by atoms with Gasteiger partial charge in [-0.3, -0.25) is 34.7 Å². The van der Waals surface area contributed by atoms with Crippen molar-refractivity contribution in [3.05, 3.63) is 82.7 Å². The molecule has 148 valence electrons.